The number of carbonyl (C=O) groups excluding carboxylic acids is 1. The van der Waals surface area contributed by atoms with E-state index < -0.39 is 0 Å². The molecule has 1 heterocycles. The largest absolute Gasteiger partial charge is 0.489 e. The summed E-state index contributed by atoms with van der Waals surface area (Å²) in [6.45, 7) is 3.41. The van der Waals surface area contributed by atoms with Crippen molar-refractivity contribution in [1.82, 2.24) is 0 Å². The Kier molecular flexibility index (Phi) is 3.95. The van der Waals surface area contributed by atoms with Crippen molar-refractivity contribution in [1.29, 1.82) is 0 Å². The Hall–Kier alpha value is -1.51. The average Bonchev–Trinajstić information content (AvgIpc) is 2.69. The number of Topliss-reactive ketones (excluding diaryl/α,β-unsaturated/α-hetero) is 1. The van der Waals surface area contributed by atoms with Crippen LogP contribution >= 0.6 is 0 Å². The zero-order valence-corrected chi connectivity index (χ0v) is 12.1. The molecular weight excluding hydrogens is 252 g/mol. The fourth-order valence-electron chi connectivity index (χ4n) is 3.01. The molecule has 0 N–H and O–H groups in total. The summed E-state index contributed by atoms with van der Waals surface area (Å²) < 4.78 is 11.5. The molecule has 3 heteroatoms. The van der Waals surface area contributed by atoms with Crippen molar-refractivity contribution >= 4 is 5.78 Å². The Labute approximate surface area is 120 Å². The van der Waals surface area contributed by atoms with E-state index in [4.69, 9.17) is 9.47 Å². The van der Waals surface area contributed by atoms with Crippen molar-refractivity contribution in [2.75, 3.05) is 13.2 Å². The molecule has 0 radical (unpaired) electrons. The maximum absolute atomic E-state index is 12.5. The summed E-state index contributed by atoms with van der Waals surface area (Å²) in [6.07, 6.45) is 5.69. The van der Waals surface area contributed by atoms with Crippen LogP contribution in [0.1, 0.15) is 49.4 Å². The van der Waals surface area contributed by atoms with E-state index in [1.165, 1.54) is 19.3 Å². The van der Waals surface area contributed by atoms with E-state index in [1.54, 1.807) is 0 Å². The first kappa shape index (κ1) is 13.5. The first-order valence-electron chi connectivity index (χ1n) is 7.68. The summed E-state index contributed by atoms with van der Waals surface area (Å²) >= 11 is 0. The number of carbonyl (C=O) groups is 1. The second kappa shape index (κ2) is 5.86. The Morgan fingerprint density at radius 2 is 1.75 bits per heavy atom. The number of hydrogen-bond donors (Lipinski definition) is 0. The number of fused-ring (bicyclic) bond motifs is 1. The van der Waals surface area contributed by atoms with Gasteiger partial charge in [-0.2, -0.15) is 0 Å². The lowest BCUT2D eigenvalue weighted by Gasteiger charge is -2.20. The van der Waals surface area contributed by atoms with Crippen LogP contribution in [0.4, 0.5) is 0 Å². The second-order valence-corrected chi connectivity index (χ2v) is 6.09. The lowest BCUT2D eigenvalue weighted by Crippen LogP contribution is -2.17. The molecule has 1 aliphatic carbocycles. The first-order valence-corrected chi connectivity index (χ1v) is 7.68. The average molecular weight is 274 g/mol. The summed E-state index contributed by atoms with van der Waals surface area (Å²) in [7, 11) is 0. The summed E-state index contributed by atoms with van der Waals surface area (Å²) in [6, 6.07) is 5.63. The van der Waals surface area contributed by atoms with Gasteiger partial charge in [-0.3, -0.25) is 4.79 Å². The fraction of sp³-hybridized carbons (Fsp3) is 0.588. The van der Waals surface area contributed by atoms with Gasteiger partial charge in [-0.05, 0) is 31.0 Å². The molecule has 0 saturated heterocycles. The molecule has 2 aliphatic rings. The zero-order chi connectivity index (χ0) is 13.9. The van der Waals surface area contributed by atoms with Crippen LogP contribution in [0.15, 0.2) is 18.2 Å². The highest BCUT2D eigenvalue weighted by atomic mass is 16.5. The molecule has 1 unspecified atom stereocenters. The van der Waals surface area contributed by atoms with E-state index in [1.807, 2.05) is 18.2 Å². The van der Waals surface area contributed by atoms with Gasteiger partial charge in [0.05, 0.1) is 13.2 Å². The highest BCUT2D eigenvalue weighted by Crippen LogP contribution is 2.33. The highest BCUT2D eigenvalue weighted by Gasteiger charge is 2.24. The van der Waals surface area contributed by atoms with Gasteiger partial charge in [0.15, 0.2) is 17.3 Å². The number of benzene rings is 1. The van der Waals surface area contributed by atoms with Crippen molar-refractivity contribution in [3.05, 3.63) is 23.8 Å². The van der Waals surface area contributed by atoms with Gasteiger partial charge in [-0.15, -0.1) is 0 Å². The minimum atomic E-state index is 0.201. The normalized spacial score (nSPS) is 23.1. The first-order chi connectivity index (χ1) is 9.74. The predicted molar refractivity (Wildman–Crippen MR) is 77.5 cm³/mol. The third-order valence-electron chi connectivity index (χ3n) is 4.25. The van der Waals surface area contributed by atoms with Crippen LogP contribution in [0.2, 0.25) is 0 Å². The number of hydrogen-bond acceptors (Lipinski definition) is 3. The van der Waals surface area contributed by atoms with Crippen molar-refractivity contribution in [3.63, 3.8) is 0 Å². The van der Waals surface area contributed by atoms with Crippen molar-refractivity contribution in [2.45, 2.75) is 39.0 Å². The van der Waals surface area contributed by atoms with Crippen LogP contribution in [0.3, 0.4) is 0 Å². The molecule has 108 valence electrons. The SMILES string of the molecule is CC1COc2ccc(C(=O)C3CCCCC3)cc2OC1. The van der Waals surface area contributed by atoms with Crippen molar-refractivity contribution in [2.24, 2.45) is 11.8 Å². The van der Waals surface area contributed by atoms with Crippen LogP contribution in [0.25, 0.3) is 0 Å². The third kappa shape index (κ3) is 2.82. The van der Waals surface area contributed by atoms with Gasteiger partial charge in [0.1, 0.15) is 0 Å². The summed E-state index contributed by atoms with van der Waals surface area (Å²) in [5.41, 5.74) is 0.772. The van der Waals surface area contributed by atoms with E-state index in [-0.39, 0.29) is 11.7 Å². The van der Waals surface area contributed by atoms with Gasteiger partial charge in [-0.25, -0.2) is 0 Å². The lowest BCUT2D eigenvalue weighted by molar-refractivity contribution is 0.0889. The van der Waals surface area contributed by atoms with Crippen LogP contribution < -0.4 is 9.47 Å². The van der Waals surface area contributed by atoms with Gasteiger partial charge in [0.2, 0.25) is 0 Å². The van der Waals surface area contributed by atoms with Gasteiger partial charge in [0.25, 0.3) is 0 Å². The van der Waals surface area contributed by atoms with Crippen LogP contribution in [-0.4, -0.2) is 19.0 Å². The summed E-state index contributed by atoms with van der Waals surface area (Å²) in [5.74, 6) is 2.33. The second-order valence-electron chi connectivity index (χ2n) is 6.09. The predicted octanol–water partition coefficient (Wildman–Crippen LogP) is 3.86. The monoisotopic (exact) mass is 274 g/mol. The van der Waals surface area contributed by atoms with E-state index in [0.29, 0.717) is 19.1 Å². The molecule has 1 fully saturated rings. The smallest absolute Gasteiger partial charge is 0.166 e. The Morgan fingerprint density at radius 3 is 2.50 bits per heavy atom. The molecule has 0 aromatic heterocycles. The summed E-state index contributed by atoms with van der Waals surface area (Å²) in [4.78, 5) is 12.5. The minimum absolute atomic E-state index is 0.201. The molecule has 0 bridgehead atoms. The maximum Gasteiger partial charge on any atom is 0.166 e. The highest BCUT2D eigenvalue weighted by molar-refractivity contribution is 5.98. The Morgan fingerprint density at radius 1 is 1.05 bits per heavy atom. The maximum atomic E-state index is 12.5. The van der Waals surface area contributed by atoms with Crippen LogP contribution in [-0.2, 0) is 0 Å². The Bertz CT molecular complexity index is 489. The fourth-order valence-corrected chi connectivity index (χ4v) is 3.01. The molecule has 1 aliphatic heterocycles. The summed E-state index contributed by atoms with van der Waals surface area (Å²) in [5, 5.41) is 0. The molecule has 1 aromatic carbocycles. The van der Waals surface area contributed by atoms with E-state index >= 15 is 0 Å². The third-order valence-corrected chi connectivity index (χ3v) is 4.25. The molecule has 1 aromatic rings. The molecule has 20 heavy (non-hydrogen) atoms. The molecule has 3 rings (SSSR count). The molecule has 0 amide bonds. The molecular formula is C17H22O3. The van der Waals surface area contributed by atoms with Gasteiger partial charge >= 0.3 is 0 Å². The van der Waals surface area contributed by atoms with Gasteiger partial charge in [-0.1, -0.05) is 26.2 Å². The van der Waals surface area contributed by atoms with Crippen molar-refractivity contribution < 1.29 is 14.3 Å². The van der Waals surface area contributed by atoms with Crippen molar-refractivity contribution in [3.8, 4) is 11.5 Å². The van der Waals surface area contributed by atoms with E-state index in [2.05, 4.69) is 6.92 Å². The van der Waals surface area contributed by atoms with E-state index in [9.17, 15) is 4.79 Å². The number of ketones is 1. The molecule has 1 atom stereocenters. The van der Waals surface area contributed by atoms with Crippen LogP contribution in [0.5, 0.6) is 11.5 Å². The number of ether oxygens (including phenoxy) is 2. The van der Waals surface area contributed by atoms with E-state index in [0.717, 1.165) is 29.9 Å². The number of rotatable bonds is 2. The minimum Gasteiger partial charge on any atom is -0.489 e. The van der Waals surface area contributed by atoms with Gasteiger partial charge in [0, 0.05) is 17.4 Å². The molecule has 1 saturated carbocycles. The van der Waals surface area contributed by atoms with Crippen LogP contribution in [0, 0.1) is 11.8 Å². The topological polar surface area (TPSA) is 35.5 Å². The quantitative estimate of drug-likeness (QED) is 0.768. The standard InChI is InChI=1S/C17H22O3/c1-12-10-19-15-8-7-14(9-16(15)20-11-12)17(18)13-5-3-2-4-6-13/h7-9,12-13H,2-6,10-11H2,1H3. The lowest BCUT2D eigenvalue weighted by atomic mass is 9.84. The molecule has 3 nitrogen and oxygen atoms in total. The zero-order valence-electron chi connectivity index (χ0n) is 12.1. The Balaban J connectivity index is 1.79. The molecule has 0 spiro atoms. The van der Waals surface area contributed by atoms with Gasteiger partial charge < -0.3 is 9.47 Å².